The van der Waals surface area contributed by atoms with E-state index in [2.05, 4.69) is 5.32 Å². The zero-order chi connectivity index (χ0) is 26.3. The number of benzene rings is 3. The molecule has 1 amide bonds. The summed E-state index contributed by atoms with van der Waals surface area (Å²) >= 11 is 12.7. The number of rotatable bonds is 11. The van der Waals surface area contributed by atoms with E-state index < -0.39 is 24.2 Å². The Morgan fingerprint density at radius 1 is 1.11 bits per heavy atom. The number of aliphatic hydroxyl groups excluding tert-OH is 1. The van der Waals surface area contributed by atoms with Crippen LogP contribution >= 0.6 is 23.2 Å². The average Bonchev–Trinajstić information content (AvgIpc) is 3.28. The number of hydrogen-bond donors (Lipinski definition) is 2. The molecule has 37 heavy (non-hydrogen) atoms. The van der Waals surface area contributed by atoms with Gasteiger partial charge in [0.05, 0.1) is 6.61 Å². The van der Waals surface area contributed by atoms with Crippen LogP contribution in [-0.2, 0) is 16.0 Å². The van der Waals surface area contributed by atoms with Gasteiger partial charge in [0.2, 0.25) is 5.90 Å². The van der Waals surface area contributed by atoms with Crippen molar-refractivity contribution in [3.8, 4) is 5.75 Å². The number of nitrogens with zero attached hydrogens (tertiary/aromatic N) is 1. The van der Waals surface area contributed by atoms with Crippen LogP contribution in [0.15, 0.2) is 77.8 Å². The molecule has 0 radical (unpaired) electrons. The Labute approximate surface area is 225 Å². The maximum Gasteiger partial charge on any atom is 0.252 e. The normalized spacial score (nSPS) is 18.7. The smallest absolute Gasteiger partial charge is 0.252 e. The third-order valence-corrected chi connectivity index (χ3v) is 6.53. The lowest BCUT2D eigenvalue weighted by molar-refractivity contribution is -0.129. The van der Waals surface area contributed by atoms with E-state index in [-0.39, 0.29) is 25.5 Å². The zero-order valence-electron chi connectivity index (χ0n) is 20.0. The first kappa shape index (κ1) is 26.9. The first-order chi connectivity index (χ1) is 18.0. The van der Waals surface area contributed by atoms with Crippen molar-refractivity contribution in [1.82, 2.24) is 5.32 Å². The van der Waals surface area contributed by atoms with E-state index in [0.29, 0.717) is 39.9 Å². The molecular weight excluding hydrogens is 518 g/mol. The van der Waals surface area contributed by atoms with Gasteiger partial charge in [0.15, 0.2) is 11.6 Å². The molecule has 6 nitrogen and oxygen atoms in total. The van der Waals surface area contributed by atoms with Crippen LogP contribution in [-0.4, -0.2) is 48.9 Å². The van der Waals surface area contributed by atoms with Gasteiger partial charge in [-0.3, -0.25) is 4.79 Å². The molecule has 3 aromatic rings. The maximum atomic E-state index is 13.7. The van der Waals surface area contributed by atoms with E-state index in [0.717, 1.165) is 5.56 Å². The van der Waals surface area contributed by atoms with Crippen LogP contribution in [0.2, 0.25) is 10.0 Å². The number of halogens is 3. The Morgan fingerprint density at radius 3 is 2.54 bits per heavy atom. The fourth-order valence-corrected chi connectivity index (χ4v) is 4.70. The Hall–Kier alpha value is -3.13. The predicted octanol–water partition coefficient (Wildman–Crippen LogP) is 5.34. The molecule has 0 aliphatic carbocycles. The number of ether oxygens (including phenoxy) is 2. The lowest BCUT2D eigenvalue weighted by atomic mass is 9.82. The van der Waals surface area contributed by atoms with Crippen LogP contribution in [0.1, 0.15) is 29.2 Å². The van der Waals surface area contributed by atoms with E-state index in [1.165, 1.54) is 0 Å². The third kappa shape index (κ3) is 6.24. The molecule has 2 atom stereocenters. The molecule has 0 unspecified atom stereocenters. The number of carbonyl (C=O) groups is 1. The molecule has 0 aromatic heterocycles. The largest absolute Gasteiger partial charge is 0.494 e. The van der Waals surface area contributed by atoms with Crippen LogP contribution < -0.4 is 10.1 Å². The van der Waals surface area contributed by atoms with Gasteiger partial charge in [0.1, 0.15) is 12.4 Å². The average molecular weight is 545 g/mol. The minimum absolute atomic E-state index is 0.0470. The highest BCUT2D eigenvalue weighted by molar-refractivity contribution is 6.35. The highest BCUT2D eigenvalue weighted by Crippen LogP contribution is 2.45. The van der Waals surface area contributed by atoms with Gasteiger partial charge in [0, 0.05) is 47.2 Å². The Kier molecular flexibility index (Phi) is 9.03. The summed E-state index contributed by atoms with van der Waals surface area (Å²) in [5.41, 5.74) is 0.576. The van der Waals surface area contributed by atoms with E-state index in [9.17, 15) is 9.18 Å². The lowest BCUT2D eigenvalue weighted by Crippen LogP contribution is -2.50. The Morgan fingerprint density at radius 2 is 1.86 bits per heavy atom. The second kappa shape index (κ2) is 12.4. The summed E-state index contributed by atoms with van der Waals surface area (Å²) < 4.78 is 25.1. The molecule has 0 saturated heterocycles. The van der Waals surface area contributed by atoms with Crippen LogP contribution in [0.4, 0.5) is 4.39 Å². The van der Waals surface area contributed by atoms with Crippen molar-refractivity contribution in [3.05, 3.63) is 99.5 Å². The number of hydrogen-bond acceptors (Lipinski definition) is 5. The van der Waals surface area contributed by atoms with Gasteiger partial charge < -0.3 is 19.9 Å². The van der Waals surface area contributed by atoms with Gasteiger partial charge >= 0.3 is 0 Å². The molecule has 4 rings (SSSR count). The highest BCUT2D eigenvalue weighted by Gasteiger charge is 2.53. The first-order valence-corrected chi connectivity index (χ1v) is 12.7. The summed E-state index contributed by atoms with van der Waals surface area (Å²) in [6, 6.07) is 21.5. The second-order valence-electron chi connectivity index (χ2n) is 8.56. The van der Waals surface area contributed by atoms with E-state index in [4.69, 9.17) is 42.8 Å². The van der Waals surface area contributed by atoms with Crippen molar-refractivity contribution in [3.63, 3.8) is 0 Å². The molecular formula is C28H27Cl2FN2O4. The van der Waals surface area contributed by atoms with Gasteiger partial charge in [-0.2, -0.15) is 0 Å². The summed E-state index contributed by atoms with van der Waals surface area (Å²) in [5.74, 6) is 0.414. The molecule has 3 aromatic carbocycles. The van der Waals surface area contributed by atoms with Gasteiger partial charge in [0.25, 0.3) is 5.91 Å². The predicted molar refractivity (Wildman–Crippen MR) is 142 cm³/mol. The van der Waals surface area contributed by atoms with Crippen molar-refractivity contribution in [2.24, 2.45) is 4.99 Å². The summed E-state index contributed by atoms with van der Waals surface area (Å²) in [7, 11) is 0. The first-order valence-electron chi connectivity index (χ1n) is 11.9. The summed E-state index contributed by atoms with van der Waals surface area (Å²) in [6.07, 6.45) is -0.175. The van der Waals surface area contributed by atoms with Crippen LogP contribution in [0.25, 0.3) is 0 Å². The highest BCUT2D eigenvalue weighted by atomic mass is 35.5. The van der Waals surface area contributed by atoms with Gasteiger partial charge in [-0.25, -0.2) is 9.38 Å². The van der Waals surface area contributed by atoms with Crippen molar-refractivity contribution >= 4 is 35.0 Å². The van der Waals surface area contributed by atoms with Gasteiger partial charge in [-0.15, -0.1) is 0 Å². The van der Waals surface area contributed by atoms with Crippen molar-refractivity contribution in [2.45, 2.75) is 24.5 Å². The molecule has 2 N–H and O–H groups in total. The van der Waals surface area contributed by atoms with Crippen LogP contribution in [0.5, 0.6) is 5.75 Å². The summed E-state index contributed by atoms with van der Waals surface area (Å²) in [6.45, 7) is -0.430. The van der Waals surface area contributed by atoms with E-state index >= 15 is 0 Å². The number of aliphatic imine (C=N–C) groups is 1. The minimum atomic E-state index is -1.46. The SMILES string of the molecule is O=C(NCCF)[C@]1(Cc2ccccc2)N=C(c2ccc(OCCCO)cc2)O[C@@H]1c1ccc(Cl)cc1Cl. The molecule has 1 aliphatic heterocycles. The van der Waals surface area contributed by atoms with Crippen molar-refractivity contribution in [1.29, 1.82) is 0 Å². The van der Waals surface area contributed by atoms with Gasteiger partial charge in [-0.05, 0) is 42.0 Å². The zero-order valence-corrected chi connectivity index (χ0v) is 21.5. The standard InChI is InChI=1S/C28H27Cl2FN2O4/c29-21-9-12-23(24(30)17-21)25-28(27(35)32-14-13-31,18-19-5-2-1-3-6-19)33-26(37-25)20-7-10-22(11-8-20)36-16-4-15-34/h1-3,5-12,17,25,34H,4,13-16,18H2,(H,32,35)/t25-,28-/m1/s1. The molecule has 1 heterocycles. The Bertz CT molecular complexity index is 1240. The van der Waals surface area contributed by atoms with Crippen molar-refractivity contribution < 1.29 is 23.8 Å². The van der Waals surface area contributed by atoms with Crippen molar-refractivity contribution in [2.75, 3.05) is 26.4 Å². The fourth-order valence-electron chi connectivity index (χ4n) is 4.19. The number of aliphatic hydroxyl groups is 1. The topological polar surface area (TPSA) is 80.2 Å². The fraction of sp³-hybridized carbons (Fsp3) is 0.286. The Balaban J connectivity index is 1.78. The molecule has 194 valence electrons. The maximum absolute atomic E-state index is 13.7. The van der Waals surface area contributed by atoms with Gasteiger partial charge in [-0.1, -0.05) is 59.6 Å². The van der Waals surface area contributed by atoms with E-state index in [1.807, 2.05) is 30.3 Å². The molecule has 9 heteroatoms. The lowest BCUT2D eigenvalue weighted by Gasteiger charge is -2.31. The second-order valence-corrected chi connectivity index (χ2v) is 9.41. The molecule has 0 bridgehead atoms. The summed E-state index contributed by atoms with van der Waals surface area (Å²) in [4.78, 5) is 18.6. The molecule has 0 fully saturated rings. The number of amides is 1. The number of alkyl halides is 1. The summed E-state index contributed by atoms with van der Waals surface area (Å²) in [5, 5.41) is 12.4. The molecule has 0 spiro atoms. The van der Waals surface area contributed by atoms with E-state index in [1.54, 1.807) is 42.5 Å². The number of nitrogens with one attached hydrogen (secondary N) is 1. The quantitative estimate of drug-likeness (QED) is 0.319. The third-order valence-electron chi connectivity index (χ3n) is 5.97. The minimum Gasteiger partial charge on any atom is -0.494 e. The molecule has 0 saturated carbocycles. The van der Waals surface area contributed by atoms with Crippen LogP contribution in [0.3, 0.4) is 0 Å². The molecule has 1 aliphatic rings. The van der Waals surface area contributed by atoms with Crippen LogP contribution in [0, 0.1) is 0 Å². The monoisotopic (exact) mass is 544 g/mol. The number of carbonyl (C=O) groups excluding carboxylic acids is 1.